The summed E-state index contributed by atoms with van der Waals surface area (Å²) in [6, 6.07) is -14.7. The van der Waals surface area contributed by atoms with Gasteiger partial charge in [0.1, 0.15) is 60.4 Å². The van der Waals surface area contributed by atoms with E-state index in [1.165, 1.54) is 43.8 Å². The van der Waals surface area contributed by atoms with Crippen molar-refractivity contribution in [2.75, 3.05) is 26.2 Å². The van der Waals surface area contributed by atoms with Crippen molar-refractivity contribution in [1.82, 2.24) is 67.0 Å². The lowest BCUT2D eigenvalue weighted by Gasteiger charge is -2.31. The summed E-state index contributed by atoms with van der Waals surface area (Å²) in [4.78, 5) is 182. The molecule has 0 unspecified atom stereocenters. The Labute approximate surface area is 499 Å². The van der Waals surface area contributed by atoms with Crippen LogP contribution in [0.5, 0.6) is 0 Å². The zero-order chi connectivity index (χ0) is 64.5. The average Bonchev–Trinajstić information content (AvgIpc) is 2.34. The van der Waals surface area contributed by atoms with Crippen LogP contribution in [-0.2, 0) is 70.4 Å². The molecule has 23 N–H and O–H groups in total. The van der Waals surface area contributed by atoms with Gasteiger partial charge in [-0.25, -0.2) is 14.8 Å². The van der Waals surface area contributed by atoms with E-state index in [0.717, 1.165) is 4.90 Å². The maximum atomic E-state index is 14.6. The van der Waals surface area contributed by atoms with Crippen molar-refractivity contribution in [1.29, 1.82) is 0 Å². The summed E-state index contributed by atoms with van der Waals surface area (Å²) < 4.78 is 0. The van der Waals surface area contributed by atoms with Gasteiger partial charge >= 0.3 is 11.9 Å². The van der Waals surface area contributed by atoms with Crippen molar-refractivity contribution >= 4 is 77.0 Å². The van der Waals surface area contributed by atoms with E-state index in [0.29, 0.717) is 18.5 Å². The van der Waals surface area contributed by atoms with Crippen molar-refractivity contribution in [3.63, 3.8) is 0 Å². The molecule has 10 amide bonds. The molecular formula is C52H83N19O16. The second-order valence-electron chi connectivity index (χ2n) is 21.3. The molecule has 0 spiro atoms. The number of amides is 10. The molecule has 2 aromatic rings. The monoisotopic (exact) mass is 1230 g/mol. The van der Waals surface area contributed by atoms with E-state index in [1.54, 1.807) is 0 Å². The highest BCUT2D eigenvalue weighted by atomic mass is 16.4. The number of primary amides is 1. The molecule has 2 aliphatic heterocycles. The van der Waals surface area contributed by atoms with Crippen LogP contribution in [0.4, 0.5) is 0 Å². The minimum Gasteiger partial charge on any atom is -0.481 e. The lowest BCUT2D eigenvalue weighted by atomic mass is 10.0. The first-order chi connectivity index (χ1) is 41.2. The number of aliphatic hydroxyl groups is 2. The van der Waals surface area contributed by atoms with Crippen molar-refractivity contribution in [2.45, 2.75) is 183 Å². The molecule has 0 bridgehead atoms. The van der Waals surface area contributed by atoms with E-state index in [1.807, 2.05) is 0 Å². The third-order valence-electron chi connectivity index (χ3n) is 14.5. The molecule has 2 fully saturated rings. The van der Waals surface area contributed by atoms with Gasteiger partial charge in [-0.15, -0.1) is 0 Å². The number of carboxylic acid groups (broad SMARTS) is 2. The molecule has 0 radical (unpaired) electrons. The summed E-state index contributed by atoms with van der Waals surface area (Å²) in [7, 11) is 0. The van der Waals surface area contributed by atoms with Gasteiger partial charge in [-0.1, -0.05) is 0 Å². The maximum Gasteiger partial charge on any atom is 0.326 e. The smallest absolute Gasteiger partial charge is 0.326 e. The highest BCUT2D eigenvalue weighted by Gasteiger charge is 2.43. The number of aliphatic carboxylic acids is 2. The number of hydrogen-bond donors (Lipinski definition) is 18. The molecule has 4 heterocycles. The number of nitrogens with two attached hydrogens (primary N) is 5. The fourth-order valence-corrected chi connectivity index (χ4v) is 9.72. The quantitative estimate of drug-likeness (QED) is 0.0170. The Balaban J connectivity index is 1.61. The maximum absolute atomic E-state index is 14.6. The van der Waals surface area contributed by atoms with Crippen LogP contribution >= 0.6 is 0 Å². The number of rotatable bonds is 37. The van der Waals surface area contributed by atoms with E-state index in [9.17, 15) is 72.9 Å². The number of aliphatic hydroxyl groups excluding tert-OH is 2. The third-order valence-corrected chi connectivity index (χ3v) is 14.5. The molecule has 35 nitrogen and oxygen atoms in total. The Morgan fingerprint density at radius 3 is 1.49 bits per heavy atom. The molecule has 4 rings (SSSR count). The molecule has 0 aromatic carbocycles. The van der Waals surface area contributed by atoms with Gasteiger partial charge < -0.3 is 106 Å². The Morgan fingerprint density at radius 2 is 1.05 bits per heavy atom. The van der Waals surface area contributed by atoms with Gasteiger partial charge in [0.05, 0.1) is 24.9 Å². The first kappa shape index (κ1) is 70.7. The molecule has 2 aliphatic rings. The average molecular weight is 1230 g/mol. The number of hydrogen-bond acceptors (Lipinski definition) is 19. The molecule has 35 heteroatoms. The molecule has 12 atom stereocenters. The van der Waals surface area contributed by atoms with Gasteiger partial charge in [0.2, 0.25) is 59.1 Å². The number of nitrogens with zero attached hydrogens (tertiary/aromatic N) is 5. The fourth-order valence-electron chi connectivity index (χ4n) is 9.72. The van der Waals surface area contributed by atoms with Crippen LogP contribution in [0, 0.1) is 0 Å². The number of aromatic amines is 2. The number of aliphatic imine (C=N–C) groups is 1. The largest absolute Gasteiger partial charge is 0.481 e. The van der Waals surface area contributed by atoms with Gasteiger partial charge in [0.25, 0.3) is 0 Å². The van der Waals surface area contributed by atoms with Crippen LogP contribution in [-0.4, -0.2) is 226 Å². The molecule has 0 aliphatic carbocycles. The predicted molar refractivity (Wildman–Crippen MR) is 305 cm³/mol. The lowest BCUT2D eigenvalue weighted by molar-refractivity contribution is -0.146. The van der Waals surface area contributed by atoms with E-state index in [-0.39, 0.29) is 95.6 Å². The van der Waals surface area contributed by atoms with E-state index >= 15 is 0 Å². The van der Waals surface area contributed by atoms with E-state index in [4.69, 9.17) is 33.8 Å². The zero-order valence-electron chi connectivity index (χ0n) is 48.5. The van der Waals surface area contributed by atoms with Crippen molar-refractivity contribution in [2.24, 2.45) is 33.7 Å². The van der Waals surface area contributed by atoms with Crippen molar-refractivity contribution in [3.8, 4) is 0 Å². The third kappa shape index (κ3) is 22.5. The summed E-state index contributed by atoms with van der Waals surface area (Å²) in [6.07, 6.45) is 1.20. The topological polar surface area (TPSA) is 576 Å². The van der Waals surface area contributed by atoms with Crippen LogP contribution in [0.25, 0.3) is 0 Å². The van der Waals surface area contributed by atoms with Crippen LogP contribution in [0.15, 0.2) is 30.0 Å². The molecule has 0 saturated carbocycles. The summed E-state index contributed by atoms with van der Waals surface area (Å²) in [5.74, 6) is -12.2. The van der Waals surface area contributed by atoms with Crippen LogP contribution in [0.1, 0.15) is 109 Å². The molecule has 2 aromatic heterocycles. The summed E-state index contributed by atoms with van der Waals surface area (Å²) >= 11 is 0. The van der Waals surface area contributed by atoms with Crippen LogP contribution < -0.4 is 65.9 Å². The van der Waals surface area contributed by atoms with Crippen LogP contribution in [0.3, 0.4) is 0 Å². The van der Waals surface area contributed by atoms with Crippen molar-refractivity contribution in [3.05, 3.63) is 36.4 Å². The molecule has 2 saturated heterocycles. The number of guanidine groups is 1. The summed E-state index contributed by atoms with van der Waals surface area (Å²) in [5, 5.41) is 57.3. The van der Waals surface area contributed by atoms with E-state index in [2.05, 4.69) is 62.1 Å². The van der Waals surface area contributed by atoms with Gasteiger partial charge in [-0.3, -0.25) is 57.7 Å². The fraction of sp³-hybridized carbons (Fsp3) is 0.635. The second kappa shape index (κ2) is 35.0. The first-order valence-electron chi connectivity index (χ1n) is 28.5. The Bertz CT molecular complexity index is 2710. The normalized spacial score (nSPS) is 18.1. The van der Waals surface area contributed by atoms with Gasteiger partial charge in [-0.2, -0.15) is 0 Å². The van der Waals surface area contributed by atoms with E-state index < -0.39 is 169 Å². The number of imidazole rings is 2. The summed E-state index contributed by atoms with van der Waals surface area (Å²) in [5.41, 5.74) is 28.9. The Kier molecular flexibility index (Phi) is 28.4. The van der Waals surface area contributed by atoms with Gasteiger partial charge in [0, 0.05) is 69.1 Å². The number of carboxylic acids is 2. The number of H-pyrrole nitrogens is 2. The van der Waals surface area contributed by atoms with Crippen LogP contribution in [0.2, 0.25) is 0 Å². The zero-order valence-corrected chi connectivity index (χ0v) is 48.5. The molecule has 87 heavy (non-hydrogen) atoms. The molecule has 482 valence electrons. The number of unbranched alkanes of at least 4 members (excludes halogenated alkanes) is 1. The number of carbonyl (C=O) groups is 12. The van der Waals surface area contributed by atoms with Gasteiger partial charge in [0.15, 0.2) is 5.96 Å². The summed E-state index contributed by atoms with van der Waals surface area (Å²) in [6.45, 7) is 2.72. The minimum absolute atomic E-state index is 0.0284. The minimum atomic E-state index is -1.75. The first-order valence-corrected chi connectivity index (χ1v) is 28.5. The highest BCUT2D eigenvalue weighted by molar-refractivity contribution is 5.99. The number of carbonyl (C=O) groups excluding carboxylic acids is 10. The number of nitrogens with one attached hydrogen (secondary N) is 9. The Morgan fingerprint density at radius 1 is 0.598 bits per heavy atom. The predicted octanol–water partition coefficient (Wildman–Crippen LogP) is -7.22. The standard InChI is InChI=1S/C52H83N19O16/c1-26(72)40(55)49(84)70-18-6-10-36(70)48(83)68-35(21-29-23-59-25-62-29)46(81)64-31(9-5-17-60-52(56)57)42(77)67-34(20-28-22-58-24-61-28)45(80)65-32(12-14-38(54)74)43(78)63-30(8-3-4-16-53)44(79)69-41(27(2)73)50(85)71-19-7-11-37(71)47(82)66-33(51(86)87)13-15-39(75)76/h22-27,30-37,40-41,72-73H,3-21,53,55H2,1-2H3,(H2,54,74)(H,58,61)(H,59,62)(H,63,78)(H,64,81)(H,65,80)(H,66,82)(H,67,77)(H,68,83)(H,69,79)(H,75,76)(H,86,87)(H4,56,57,60)/t26-,27-,30+,31+,32+,33+,34+,35+,36+,37+,40+,41+/m1/s1. The Hall–Kier alpha value is -8.83. The lowest BCUT2D eigenvalue weighted by Crippen LogP contribution is -2.62. The number of likely N-dealkylation sites (tertiary alicyclic amines) is 2. The van der Waals surface area contributed by atoms with Gasteiger partial charge in [-0.05, 0) is 91.0 Å². The highest BCUT2D eigenvalue weighted by Crippen LogP contribution is 2.22. The number of aromatic nitrogens is 4. The molecular weight excluding hydrogens is 1150 g/mol. The second-order valence-corrected chi connectivity index (χ2v) is 21.3. The van der Waals surface area contributed by atoms with Crippen molar-refractivity contribution < 1.29 is 78.0 Å². The SMILES string of the molecule is C[C@@H](O)[C@H](N)C(=O)N1CCC[C@H]1C(=O)N[C@@H](Cc1cnc[nH]1)C(=O)N[C@@H](CCCN=C(N)N)C(=O)N[C@@H](Cc1cnc[nH]1)C(=O)N[C@@H](CCC(N)=O)C(=O)N[C@@H](CCCCN)C(=O)N[C@H](C(=O)N1CCC[C@H]1C(=O)N[C@@H](CCC(=O)O)C(=O)O)[C@@H](C)O.